The zero-order valence-corrected chi connectivity index (χ0v) is 18.4. The van der Waals surface area contributed by atoms with Gasteiger partial charge in [-0.05, 0) is 43.4 Å². The highest BCUT2D eigenvalue weighted by Crippen LogP contribution is 2.44. The fraction of sp³-hybridized carbons (Fsp3) is 0.571. The number of aromatic nitrogens is 2. The molecule has 30 heavy (non-hydrogen) atoms. The summed E-state index contributed by atoms with van der Waals surface area (Å²) in [7, 11) is 0. The van der Waals surface area contributed by atoms with Crippen LogP contribution in [0.3, 0.4) is 0 Å². The summed E-state index contributed by atoms with van der Waals surface area (Å²) < 4.78 is 12.3. The van der Waals surface area contributed by atoms with E-state index in [0.717, 1.165) is 33.8 Å². The van der Waals surface area contributed by atoms with Crippen LogP contribution in [0.5, 0.6) is 11.5 Å². The molecule has 1 aromatic carbocycles. The molecule has 7 nitrogen and oxygen atoms in total. The minimum atomic E-state index is -0.0275. The quantitative estimate of drug-likeness (QED) is 0.599. The number of nitrogens with one attached hydrogen (secondary N) is 2. The summed E-state index contributed by atoms with van der Waals surface area (Å²) in [6, 6.07) is 6.80. The molecule has 1 aromatic heterocycles. The van der Waals surface area contributed by atoms with Crippen LogP contribution in [-0.2, 0) is 10.2 Å². The van der Waals surface area contributed by atoms with Crippen LogP contribution in [0.2, 0.25) is 0 Å². The Kier molecular flexibility index (Phi) is 5.73. The molecule has 9 heteroatoms. The molecule has 2 N–H and O–H groups in total. The standard InChI is InChI=1S/C21H26N4O3S2/c26-18(12-29-20-25-24-19(30-20)23-15-4-5-15)22-13-21(7-1-2-8-21)14-3-6-16-17(11-14)28-10-9-27-16/h3,6,11,15H,1-2,4-5,7-10,12-13H2,(H,22,26)(H,23,24). The van der Waals surface area contributed by atoms with Crippen molar-refractivity contribution in [3.63, 3.8) is 0 Å². The average molecular weight is 447 g/mol. The zero-order chi connectivity index (χ0) is 20.4. The first-order valence-corrected chi connectivity index (χ1v) is 12.4. The Bertz CT molecular complexity index is 909. The third-order valence-electron chi connectivity index (χ3n) is 5.98. The topological polar surface area (TPSA) is 85.4 Å². The minimum absolute atomic E-state index is 0.0275. The third kappa shape index (κ3) is 4.51. The molecule has 0 radical (unpaired) electrons. The van der Waals surface area contributed by atoms with E-state index >= 15 is 0 Å². The molecule has 3 aliphatic rings. The van der Waals surface area contributed by atoms with Crippen molar-refractivity contribution in [2.75, 3.05) is 30.8 Å². The summed E-state index contributed by atoms with van der Waals surface area (Å²) >= 11 is 2.97. The molecule has 2 aliphatic carbocycles. The van der Waals surface area contributed by atoms with E-state index in [0.29, 0.717) is 31.6 Å². The van der Waals surface area contributed by atoms with Crippen molar-refractivity contribution in [3.05, 3.63) is 23.8 Å². The van der Waals surface area contributed by atoms with Crippen LogP contribution in [-0.4, -0.2) is 47.7 Å². The highest BCUT2D eigenvalue weighted by atomic mass is 32.2. The Hall–Kier alpha value is -2.00. The Labute approximate surface area is 184 Å². The molecule has 0 unspecified atom stereocenters. The number of anilines is 1. The fourth-order valence-electron chi connectivity index (χ4n) is 4.17. The van der Waals surface area contributed by atoms with Crippen LogP contribution >= 0.6 is 23.1 Å². The number of hydrogen-bond acceptors (Lipinski definition) is 8. The van der Waals surface area contributed by atoms with E-state index < -0.39 is 0 Å². The van der Waals surface area contributed by atoms with Gasteiger partial charge in [0.15, 0.2) is 15.8 Å². The lowest BCUT2D eigenvalue weighted by molar-refractivity contribution is -0.118. The van der Waals surface area contributed by atoms with Crippen molar-refractivity contribution in [3.8, 4) is 11.5 Å². The van der Waals surface area contributed by atoms with Gasteiger partial charge < -0.3 is 20.1 Å². The van der Waals surface area contributed by atoms with Gasteiger partial charge in [-0.1, -0.05) is 42.0 Å². The number of nitrogens with zero attached hydrogens (tertiary/aromatic N) is 2. The molecule has 2 saturated carbocycles. The van der Waals surface area contributed by atoms with Gasteiger partial charge in [0.05, 0.1) is 5.75 Å². The maximum absolute atomic E-state index is 12.5. The maximum Gasteiger partial charge on any atom is 0.230 e. The molecule has 0 saturated heterocycles. The lowest BCUT2D eigenvalue weighted by Crippen LogP contribution is -2.39. The third-order valence-corrected chi connectivity index (χ3v) is 7.97. The summed E-state index contributed by atoms with van der Waals surface area (Å²) in [5.41, 5.74) is 1.21. The average Bonchev–Trinajstić information content (AvgIpc) is 3.26. The van der Waals surface area contributed by atoms with E-state index in [1.807, 2.05) is 6.07 Å². The Morgan fingerprint density at radius 2 is 1.97 bits per heavy atom. The number of carbonyl (C=O) groups is 1. The molecule has 5 rings (SSSR count). The maximum atomic E-state index is 12.5. The normalized spacial score (nSPS) is 19.5. The van der Waals surface area contributed by atoms with Crippen LogP contribution in [0.25, 0.3) is 0 Å². The molecule has 2 heterocycles. The van der Waals surface area contributed by atoms with Gasteiger partial charge in [-0.25, -0.2) is 0 Å². The fourth-order valence-corrected chi connectivity index (χ4v) is 5.83. The van der Waals surface area contributed by atoms with E-state index in [2.05, 4.69) is 33.0 Å². The van der Waals surface area contributed by atoms with Crippen LogP contribution in [0, 0.1) is 0 Å². The molecule has 2 fully saturated rings. The van der Waals surface area contributed by atoms with E-state index in [1.54, 1.807) is 0 Å². The number of fused-ring (bicyclic) bond motifs is 1. The van der Waals surface area contributed by atoms with Gasteiger partial charge in [0.25, 0.3) is 0 Å². The molecule has 160 valence electrons. The van der Waals surface area contributed by atoms with Gasteiger partial charge in [-0.2, -0.15) is 0 Å². The van der Waals surface area contributed by atoms with E-state index in [4.69, 9.17) is 9.47 Å². The number of hydrogen-bond donors (Lipinski definition) is 2. The van der Waals surface area contributed by atoms with E-state index in [-0.39, 0.29) is 11.3 Å². The minimum Gasteiger partial charge on any atom is -0.486 e. The van der Waals surface area contributed by atoms with Crippen molar-refractivity contribution < 1.29 is 14.3 Å². The second kappa shape index (κ2) is 8.63. The number of amides is 1. The Morgan fingerprint density at radius 3 is 2.77 bits per heavy atom. The number of ether oxygens (including phenoxy) is 2. The SMILES string of the molecule is O=C(CSc1nnc(NC2CC2)s1)NCC1(c2ccc3c(c2)OCCO3)CCCC1. The lowest BCUT2D eigenvalue weighted by atomic mass is 9.78. The number of benzene rings is 1. The van der Waals surface area contributed by atoms with E-state index in [9.17, 15) is 4.79 Å². The molecular weight excluding hydrogens is 420 g/mol. The van der Waals surface area contributed by atoms with Gasteiger partial charge >= 0.3 is 0 Å². The summed E-state index contributed by atoms with van der Waals surface area (Å²) in [4.78, 5) is 12.5. The lowest BCUT2D eigenvalue weighted by Gasteiger charge is -2.31. The molecular formula is C21H26N4O3S2. The first-order valence-electron chi connectivity index (χ1n) is 10.6. The first kappa shape index (κ1) is 19.9. The predicted octanol–water partition coefficient (Wildman–Crippen LogP) is 3.60. The number of carbonyl (C=O) groups excluding carboxylic acids is 1. The largest absolute Gasteiger partial charge is 0.486 e. The number of thioether (sulfide) groups is 1. The summed E-state index contributed by atoms with van der Waals surface area (Å²) in [5, 5.41) is 15.7. The van der Waals surface area contributed by atoms with Crippen LogP contribution < -0.4 is 20.1 Å². The second-order valence-corrected chi connectivity index (χ2v) is 10.4. The number of rotatable bonds is 8. The highest BCUT2D eigenvalue weighted by Gasteiger charge is 2.36. The summed E-state index contributed by atoms with van der Waals surface area (Å²) in [6.07, 6.45) is 6.92. The van der Waals surface area contributed by atoms with Gasteiger partial charge in [0, 0.05) is 18.0 Å². The molecule has 1 aliphatic heterocycles. The monoisotopic (exact) mass is 446 g/mol. The molecule has 0 bridgehead atoms. The molecule has 0 spiro atoms. The van der Waals surface area contributed by atoms with Crippen molar-refractivity contribution in [2.45, 2.75) is 54.3 Å². The summed E-state index contributed by atoms with van der Waals surface area (Å²) in [5.74, 6) is 2.02. The van der Waals surface area contributed by atoms with Crippen molar-refractivity contribution in [1.82, 2.24) is 15.5 Å². The summed E-state index contributed by atoms with van der Waals surface area (Å²) in [6.45, 7) is 1.83. The van der Waals surface area contributed by atoms with Crippen LogP contribution in [0.4, 0.5) is 5.13 Å². The zero-order valence-electron chi connectivity index (χ0n) is 16.8. The van der Waals surface area contributed by atoms with Gasteiger partial charge in [-0.3, -0.25) is 4.79 Å². The van der Waals surface area contributed by atoms with Gasteiger partial charge in [0.2, 0.25) is 11.0 Å². The van der Waals surface area contributed by atoms with Crippen molar-refractivity contribution in [2.24, 2.45) is 0 Å². The first-order chi connectivity index (χ1) is 14.7. The Morgan fingerprint density at radius 1 is 1.17 bits per heavy atom. The van der Waals surface area contributed by atoms with Gasteiger partial charge in [0.1, 0.15) is 13.2 Å². The molecule has 2 aromatic rings. The van der Waals surface area contributed by atoms with Crippen LogP contribution in [0.15, 0.2) is 22.5 Å². The molecule has 1 amide bonds. The van der Waals surface area contributed by atoms with E-state index in [1.165, 1.54) is 54.3 Å². The highest BCUT2D eigenvalue weighted by molar-refractivity contribution is 8.01. The van der Waals surface area contributed by atoms with Crippen LogP contribution in [0.1, 0.15) is 44.1 Å². The van der Waals surface area contributed by atoms with Crippen molar-refractivity contribution in [1.29, 1.82) is 0 Å². The second-order valence-electron chi connectivity index (χ2n) is 8.20. The molecule has 0 atom stereocenters. The Balaban J connectivity index is 1.18. The van der Waals surface area contributed by atoms with Crippen molar-refractivity contribution >= 4 is 34.1 Å². The smallest absolute Gasteiger partial charge is 0.230 e. The predicted molar refractivity (Wildman–Crippen MR) is 118 cm³/mol. The van der Waals surface area contributed by atoms with Gasteiger partial charge in [-0.15, -0.1) is 10.2 Å².